The van der Waals surface area contributed by atoms with Crippen LogP contribution in [0.5, 0.6) is 0 Å². The number of amides is 1. The lowest BCUT2D eigenvalue weighted by Gasteiger charge is -2.13. The summed E-state index contributed by atoms with van der Waals surface area (Å²) in [6.07, 6.45) is 4.85. The molecule has 3 heterocycles. The monoisotopic (exact) mass is 360 g/mol. The molecule has 27 heavy (non-hydrogen) atoms. The second-order valence-corrected chi connectivity index (χ2v) is 6.68. The van der Waals surface area contributed by atoms with E-state index < -0.39 is 5.95 Å². The van der Waals surface area contributed by atoms with E-state index in [0.29, 0.717) is 23.8 Å². The Morgan fingerprint density at radius 3 is 2.89 bits per heavy atom. The van der Waals surface area contributed by atoms with Crippen molar-refractivity contribution in [1.29, 1.82) is 5.26 Å². The molecular weight excluding hydrogens is 347 g/mol. The van der Waals surface area contributed by atoms with Gasteiger partial charge < -0.3 is 4.90 Å². The summed E-state index contributed by atoms with van der Waals surface area (Å²) < 4.78 is 15.6. The van der Waals surface area contributed by atoms with Crippen LogP contribution in [-0.4, -0.2) is 36.8 Å². The molecule has 0 atom stereocenters. The van der Waals surface area contributed by atoms with Gasteiger partial charge in [0.2, 0.25) is 5.95 Å². The molecule has 2 aliphatic rings. The van der Waals surface area contributed by atoms with Crippen LogP contribution >= 0.6 is 0 Å². The van der Waals surface area contributed by atoms with E-state index in [-0.39, 0.29) is 17.2 Å². The van der Waals surface area contributed by atoms with Gasteiger partial charge in [-0.3, -0.25) is 4.79 Å². The normalized spacial score (nSPS) is 15.7. The van der Waals surface area contributed by atoms with Crippen LogP contribution in [0.15, 0.2) is 36.7 Å². The second kappa shape index (κ2) is 5.71. The maximum absolute atomic E-state index is 14.3. The van der Waals surface area contributed by atoms with Gasteiger partial charge >= 0.3 is 0 Å². The average molecular weight is 360 g/mol. The largest absolute Gasteiger partial charge is 0.331 e. The first-order valence-corrected chi connectivity index (χ1v) is 8.57. The van der Waals surface area contributed by atoms with Crippen LogP contribution in [0, 0.1) is 17.3 Å². The van der Waals surface area contributed by atoms with Gasteiger partial charge in [0.05, 0.1) is 17.5 Å². The standard InChI is InChI=1S/C19H13FN6O/c20-18-17(12(8-21)5-6-22-18)26-16(9-23-24-26)11-1-4-15-13(7-11)10-25(19(15)27)14-2-3-14/h1,4-7,9,14H,2-3,10H2. The van der Waals surface area contributed by atoms with Gasteiger partial charge in [0.15, 0.2) is 0 Å². The number of pyridine rings is 1. The maximum atomic E-state index is 14.3. The Hall–Kier alpha value is -3.60. The van der Waals surface area contributed by atoms with Crippen molar-refractivity contribution in [1.82, 2.24) is 24.9 Å². The summed E-state index contributed by atoms with van der Waals surface area (Å²) in [4.78, 5) is 18.0. The van der Waals surface area contributed by atoms with Gasteiger partial charge in [-0.15, -0.1) is 5.10 Å². The number of carbonyl (C=O) groups is 1. The summed E-state index contributed by atoms with van der Waals surface area (Å²) in [6, 6.07) is 9.23. The number of carbonyl (C=O) groups excluding carboxylic acids is 1. The minimum absolute atomic E-state index is 0.0383. The Bertz CT molecular complexity index is 1130. The lowest BCUT2D eigenvalue weighted by Crippen LogP contribution is -2.25. The SMILES string of the molecule is N#Cc1ccnc(F)c1-n1nncc1-c1ccc2c(c1)CN(C1CC1)C2=O. The van der Waals surface area contributed by atoms with Crippen molar-refractivity contribution >= 4 is 5.91 Å². The number of nitrogens with zero attached hydrogens (tertiary/aromatic N) is 6. The first kappa shape index (κ1) is 15.6. The molecule has 1 amide bonds. The molecule has 0 saturated heterocycles. The van der Waals surface area contributed by atoms with Crippen molar-refractivity contribution in [2.45, 2.75) is 25.4 Å². The smallest absolute Gasteiger partial charge is 0.254 e. The van der Waals surface area contributed by atoms with Gasteiger partial charge in [-0.25, -0.2) is 9.67 Å². The molecule has 0 unspecified atom stereocenters. The molecule has 0 spiro atoms. The summed E-state index contributed by atoms with van der Waals surface area (Å²) in [5.74, 6) is -0.729. The lowest BCUT2D eigenvalue weighted by atomic mass is 10.0. The molecule has 2 aromatic heterocycles. The van der Waals surface area contributed by atoms with Crippen LogP contribution in [0.2, 0.25) is 0 Å². The zero-order valence-corrected chi connectivity index (χ0v) is 14.1. The summed E-state index contributed by atoms with van der Waals surface area (Å²) in [5.41, 5.74) is 2.99. The first-order valence-electron chi connectivity index (χ1n) is 8.57. The molecule has 7 nitrogen and oxygen atoms in total. The number of aromatic nitrogens is 4. The Morgan fingerprint density at radius 2 is 2.11 bits per heavy atom. The molecule has 3 aromatic rings. The highest BCUT2D eigenvalue weighted by molar-refractivity contribution is 5.99. The van der Waals surface area contributed by atoms with Crippen LogP contribution in [-0.2, 0) is 6.54 Å². The molecule has 1 aromatic carbocycles. The summed E-state index contributed by atoms with van der Waals surface area (Å²) in [6.45, 7) is 0.582. The van der Waals surface area contributed by atoms with E-state index in [1.807, 2.05) is 17.0 Å². The van der Waals surface area contributed by atoms with Crippen LogP contribution in [0.3, 0.4) is 0 Å². The molecule has 132 valence electrons. The fourth-order valence-electron chi connectivity index (χ4n) is 3.50. The molecule has 0 bridgehead atoms. The molecule has 5 rings (SSSR count). The average Bonchev–Trinajstić information content (AvgIpc) is 3.32. The zero-order valence-electron chi connectivity index (χ0n) is 14.1. The molecule has 8 heteroatoms. The highest BCUT2D eigenvalue weighted by atomic mass is 19.1. The van der Waals surface area contributed by atoms with Gasteiger partial charge in [0, 0.05) is 29.9 Å². The van der Waals surface area contributed by atoms with Crippen LogP contribution in [0.1, 0.15) is 34.3 Å². The van der Waals surface area contributed by atoms with E-state index in [1.165, 1.54) is 23.1 Å². The lowest BCUT2D eigenvalue weighted by molar-refractivity contribution is 0.0766. The number of nitriles is 1. The Morgan fingerprint density at radius 1 is 1.26 bits per heavy atom. The van der Waals surface area contributed by atoms with Gasteiger partial charge in [-0.05, 0) is 36.6 Å². The summed E-state index contributed by atoms with van der Waals surface area (Å²) >= 11 is 0. The fourth-order valence-corrected chi connectivity index (χ4v) is 3.50. The molecular formula is C19H13FN6O. The number of hydrogen-bond donors (Lipinski definition) is 0. The summed E-state index contributed by atoms with van der Waals surface area (Å²) in [5, 5.41) is 17.1. The van der Waals surface area contributed by atoms with E-state index in [4.69, 9.17) is 0 Å². The van der Waals surface area contributed by atoms with E-state index >= 15 is 0 Å². The van der Waals surface area contributed by atoms with Gasteiger partial charge in [0.25, 0.3) is 5.91 Å². The topological polar surface area (TPSA) is 87.7 Å². The van der Waals surface area contributed by atoms with Gasteiger partial charge in [-0.1, -0.05) is 11.3 Å². The van der Waals surface area contributed by atoms with Gasteiger partial charge in [0.1, 0.15) is 11.8 Å². The number of halogens is 1. The predicted molar refractivity (Wildman–Crippen MR) is 92.2 cm³/mol. The van der Waals surface area contributed by atoms with Crippen molar-refractivity contribution in [3.05, 3.63) is 59.3 Å². The van der Waals surface area contributed by atoms with E-state index in [0.717, 1.165) is 24.0 Å². The van der Waals surface area contributed by atoms with E-state index in [9.17, 15) is 14.4 Å². The first-order chi connectivity index (χ1) is 13.2. The van der Waals surface area contributed by atoms with Gasteiger partial charge in [-0.2, -0.15) is 9.65 Å². The molecule has 0 radical (unpaired) electrons. The van der Waals surface area contributed by atoms with Crippen molar-refractivity contribution in [3.63, 3.8) is 0 Å². The Balaban J connectivity index is 1.60. The highest BCUT2D eigenvalue weighted by Gasteiger charge is 2.38. The fraction of sp³-hybridized carbons (Fsp3) is 0.211. The highest BCUT2D eigenvalue weighted by Crippen LogP contribution is 2.36. The number of hydrogen-bond acceptors (Lipinski definition) is 5. The minimum atomic E-state index is -0.794. The third-order valence-corrected chi connectivity index (χ3v) is 4.98. The van der Waals surface area contributed by atoms with E-state index in [2.05, 4.69) is 15.3 Å². The molecule has 1 saturated carbocycles. The predicted octanol–water partition coefficient (Wildman–Crippen LogP) is 2.46. The van der Waals surface area contributed by atoms with Crippen molar-refractivity contribution in [2.75, 3.05) is 0 Å². The molecule has 1 aliphatic carbocycles. The minimum Gasteiger partial charge on any atom is -0.331 e. The van der Waals surface area contributed by atoms with E-state index in [1.54, 1.807) is 12.1 Å². The van der Waals surface area contributed by atoms with Crippen LogP contribution < -0.4 is 0 Å². The maximum Gasteiger partial charge on any atom is 0.254 e. The Kier molecular flexibility index (Phi) is 3.31. The third-order valence-electron chi connectivity index (χ3n) is 4.98. The van der Waals surface area contributed by atoms with Crippen LogP contribution in [0.25, 0.3) is 16.9 Å². The third kappa shape index (κ3) is 2.39. The van der Waals surface area contributed by atoms with Crippen LogP contribution in [0.4, 0.5) is 4.39 Å². The zero-order chi connectivity index (χ0) is 18.5. The number of fused-ring (bicyclic) bond motifs is 1. The quantitative estimate of drug-likeness (QED) is 0.670. The number of benzene rings is 1. The van der Waals surface area contributed by atoms with Crippen molar-refractivity contribution < 1.29 is 9.18 Å². The molecule has 1 aliphatic heterocycles. The van der Waals surface area contributed by atoms with Crippen molar-refractivity contribution in [3.8, 4) is 23.0 Å². The van der Waals surface area contributed by atoms with Crippen molar-refractivity contribution in [2.24, 2.45) is 0 Å². The second-order valence-electron chi connectivity index (χ2n) is 6.68. The number of rotatable bonds is 3. The summed E-state index contributed by atoms with van der Waals surface area (Å²) in [7, 11) is 0. The Labute approximate surface area is 153 Å². The molecule has 0 N–H and O–H groups in total. The molecule has 1 fully saturated rings.